The monoisotopic (exact) mass is 300 g/mol. The Morgan fingerprint density at radius 1 is 1.41 bits per heavy atom. The molecule has 3 rings (SSSR count). The number of carbonyl (C=O) groups is 1. The van der Waals surface area contributed by atoms with E-state index < -0.39 is 0 Å². The lowest BCUT2D eigenvalue weighted by Gasteiger charge is -2.13. The molecule has 22 heavy (non-hydrogen) atoms. The Bertz CT molecular complexity index is 666. The standard InChI is InChI=1S/C16H20N4O2/c1-2-11-5-3-4-6-14(11)22-10-15(21)18-16-12-9-17-8-7-13(12)19-20-16/h3-6,17H,2,7-10H2,1H3,(H2,18,19,20,21). The van der Waals surface area contributed by atoms with Gasteiger partial charge in [-0.15, -0.1) is 0 Å². The first-order valence-corrected chi connectivity index (χ1v) is 7.55. The fraction of sp³-hybridized carbons (Fsp3) is 0.375. The summed E-state index contributed by atoms with van der Waals surface area (Å²) < 4.78 is 5.62. The maximum absolute atomic E-state index is 12.1. The molecule has 2 heterocycles. The van der Waals surface area contributed by atoms with Crippen LogP contribution in [0.4, 0.5) is 5.82 Å². The molecule has 0 radical (unpaired) electrons. The number of benzene rings is 1. The van der Waals surface area contributed by atoms with Crippen LogP contribution in [0, 0.1) is 0 Å². The normalized spacial score (nSPS) is 13.5. The van der Waals surface area contributed by atoms with E-state index in [9.17, 15) is 4.79 Å². The second-order valence-corrected chi connectivity index (χ2v) is 5.25. The Kier molecular flexibility index (Phi) is 4.39. The molecule has 6 nitrogen and oxygen atoms in total. The number of hydrogen-bond acceptors (Lipinski definition) is 4. The predicted octanol–water partition coefficient (Wildman–Crippen LogP) is 1.64. The third kappa shape index (κ3) is 3.12. The smallest absolute Gasteiger partial charge is 0.263 e. The van der Waals surface area contributed by atoms with Crippen LogP contribution in [-0.4, -0.2) is 29.3 Å². The van der Waals surface area contributed by atoms with Crippen LogP contribution in [0.3, 0.4) is 0 Å². The Hall–Kier alpha value is -2.34. The summed E-state index contributed by atoms with van der Waals surface area (Å²) in [5.41, 5.74) is 3.22. The second kappa shape index (κ2) is 6.62. The van der Waals surface area contributed by atoms with Crippen LogP contribution in [0.2, 0.25) is 0 Å². The molecule has 0 saturated carbocycles. The second-order valence-electron chi connectivity index (χ2n) is 5.25. The lowest BCUT2D eigenvalue weighted by molar-refractivity contribution is -0.118. The first-order chi connectivity index (χ1) is 10.8. The molecular formula is C16H20N4O2. The minimum Gasteiger partial charge on any atom is -0.483 e. The molecular weight excluding hydrogens is 280 g/mol. The van der Waals surface area contributed by atoms with Crippen LogP contribution in [0.5, 0.6) is 5.75 Å². The summed E-state index contributed by atoms with van der Waals surface area (Å²) in [5, 5.41) is 13.2. The quantitative estimate of drug-likeness (QED) is 0.784. The molecule has 2 aromatic rings. The van der Waals surface area contributed by atoms with Gasteiger partial charge in [0, 0.05) is 30.8 Å². The maximum atomic E-state index is 12.1. The van der Waals surface area contributed by atoms with E-state index in [2.05, 4.69) is 27.8 Å². The van der Waals surface area contributed by atoms with E-state index >= 15 is 0 Å². The van der Waals surface area contributed by atoms with Crippen molar-refractivity contribution in [2.45, 2.75) is 26.3 Å². The highest BCUT2D eigenvalue weighted by Gasteiger charge is 2.18. The van der Waals surface area contributed by atoms with Crippen molar-refractivity contribution < 1.29 is 9.53 Å². The van der Waals surface area contributed by atoms with Crippen molar-refractivity contribution in [3.63, 3.8) is 0 Å². The van der Waals surface area contributed by atoms with E-state index in [4.69, 9.17) is 4.74 Å². The number of para-hydroxylation sites is 1. The summed E-state index contributed by atoms with van der Waals surface area (Å²) >= 11 is 0. The predicted molar refractivity (Wildman–Crippen MR) is 83.9 cm³/mol. The van der Waals surface area contributed by atoms with Crippen LogP contribution in [0.15, 0.2) is 24.3 Å². The molecule has 1 aromatic carbocycles. The van der Waals surface area contributed by atoms with E-state index in [1.807, 2.05) is 24.3 Å². The van der Waals surface area contributed by atoms with E-state index in [-0.39, 0.29) is 12.5 Å². The number of rotatable bonds is 5. The average molecular weight is 300 g/mol. The number of aryl methyl sites for hydroxylation is 1. The van der Waals surface area contributed by atoms with Gasteiger partial charge in [-0.1, -0.05) is 25.1 Å². The first-order valence-electron chi connectivity index (χ1n) is 7.55. The number of aromatic nitrogens is 2. The minimum absolute atomic E-state index is 0.0218. The maximum Gasteiger partial charge on any atom is 0.263 e. The highest BCUT2D eigenvalue weighted by atomic mass is 16.5. The van der Waals surface area contributed by atoms with Crippen molar-refractivity contribution in [1.82, 2.24) is 15.5 Å². The molecule has 0 saturated heterocycles. The zero-order chi connectivity index (χ0) is 15.4. The fourth-order valence-corrected chi connectivity index (χ4v) is 2.58. The molecule has 0 atom stereocenters. The van der Waals surface area contributed by atoms with Gasteiger partial charge in [0.25, 0.3) is 5.91 Å². The topological polar surface area (TPSA) is 79.0 Å². The zero-order valence-electron chi connectivity index (χ0n) is 12.6. The van der Waals surface area contributed by atoms with Gasteiger partial charge in [-0.3, -0.25) is 9.89 Å². The summed E-state index contributed by atoms with van der Waals surface area (Å²) in [5.74, 6) is 1.15. The molecule has 3 N–H and O–H groups in total. The number of H-pyrrole nitrogens is 1. The van der Waals surface area contributed by atoms with E-state index in [1.165, 1.54) is 0 Å². The Morgan fingerprint density at radius 2 is 2.27 bits per heavy atom. The Balaban J connectivity index is 1.60. The number of ether oxygens (including phenoxy) is 1. The molecule has 116 valence electrons. The van der Waals surface area contributed by atoms with Crippen molar-refractivity contribution >= 4 is 11.7 Å². The van der Waals surface area contributed by atoms with Gasteiger partial charge in [-0.25, -0.2) is 0 Å². The van der Waals surface area contributed by atoms with Crippen molar-refractivity contribution in [3.05, 3.63) is 41.1 Å². The number of carbonyl (C=O) groups excluding carboxylic acids is 1. The molecule has 1 aliphatic heterocycles. The van der Waals surface area contributed by atoms with Gasteiger partial charge < -0.3 is 15.4 Å². The SMILES string of the molecule is CCc1ccccc1OCC(=O)Nc1n[nH]c2c1CNCC2. The molecule has 0 spiro atoms. The molecule has 0 fully saturated rings. The van der Waals surface area contributed by atoms with Crippen LogP contribution < -0.4 is 15.4 Å². The number of nitrogens with zero attached hydrogens (tertiary/aromatic N) is 1. The fourth-order valence-electron chi connectivity index (χ4n) is 2.58. The number of amides is 1. The number of hydrogen-bond donors (Lipinski definition) is 3. The number of fused-ring (bicyclic) bond motifs is 1. The molecule has 1 aromatic heterocycles. The van der Waals surface area contributed by atoms with Crippen LogP contribution in [0.1, 0.15) is 23.7 Å². The van der Waals surface area contributed by atoms with Crippen LogP contribution in [0.25, 0.3) is 0 Å². The molecule has 0 aliphatic carbocycles. The molecule has 1 aliphatic rings. The molecule has 1 amide bonds. The lowest BCUT2D eigenvalue weighted by Crippen LogP contribution is -2.25. The van der Waals surface area contributed by atoms with E-state index in [1.54, 1.807) is 0 Å². The molecule has 0 bridgehead atoms. The number of aromatic amines is 1. The van der Waals surface area contributed by atoms with Gasteiger partial charge in [0.1, 0.15) is 5.75 Å². The van der Waals surface area contributed by atoms with Gasteiger partial charge >= 0.3 is 0 Å². The van der Waals surface area contributed by atoms with Gasteiger partial charge in [0.2, 0.25) is 0 Å². The molecule has 6 heteroatoms. The van der Waals surface area contributed by atoms with Crippen LogP contribution in [-0.2, 0) is 24.2 Å². The van der Waals surface area contributed by atoms with Crippen molar-refractivity contribution in [1.29, 1.82) is 0 Å². The van der Waals surface area contributed by atoms with Crippen molar-refractivity contribution in [2.24, 2.45) is 0 Å². The largest absolute Gasteiger partial charge is 0.483 e. The highest BCUT2D eigenvalue weighted by Crippen LogP contribution is 2.20. The van der Waals surface area contributed by atoms with Crippen molar-refractivity contribution in [2.75, 3.05) is 18.5 Å². The van der Waals surface area contributed by atoms with Crippen LogP contribution >= 0.6 is 0 Å². The molecule has 0 unspecified atom stereocenters. The van der Waals surface area contributed by atoms with Crippen molar-refractivity contribution in [3.8, 4) is 5.75 Å². The summed E-state index contributed by atoms with van der Waals surface area (Å²) in [6.07, 6.45) is 1.77. The van der Waals surface area contributed by atoms with Gasteiger partial charge in [0.05, 0.1) is 0 Å². The van der Waals surface area contributed by atoms with Gasteiger partial charge in [-0.2, -0.15) is 5.10 Å². The Labute approximate surface area is 129 Å². The summed E-state index contributed by atoms with van der Waals surface area (Å²) in [7, 11) is 0. The van der Waals surface area contributed by atoms with E-state index in [0.29, 0.717) is 5.82 Å². The summed E-state index contributed by atoms with van der Waals surface area (Å²) in [6, 6.07) is 7.76. The van der Waals surface area contributed by atoms with Gasteiger partial charge in [-0.05, 0) is 18.1 Å². The summed E-state index contributed by atoms with van der Waals surface area (Å²) in [6.45, 7) is 3.69. The first kappa shape index (κ1) is 14.6. The zero-order valence-corrected chi connectivity index (χ0v) is 12.6. The average Bonchev–Trinajstić information content (AvgIpc) is 2.96. The highest BCUT2D eigenvalue weighted by molar-refractivity contribution is 5.91. The summed E-state index contributed by atoms with van der Waals surface area (Å²) in [4.78, 5) is 12.1. The number of nitrogens with one attached hydrogen (secondary N) is 3. The third-order valence-electron chi connectivity index (χ3n) is 3.78. The van der Waals surface area contributed by atoms with E-state index in [0.717, 1.165) is 48.5 Å². The minimum atomic E-state index is -0.203. The Morgan fingerprint density at radius 3 is 3.14 bits per heavy atom. The number of anilines is 1. The lowest BCUT2D eigenvalue weighted by atomic mass is 10.1. The van der Waals surface area contributed by atoms with Gasteiger partial charge in [0.15, 0.2) is 12.4 Å². The third-order valence-corrected chi connectivity index (χ3v) is 3.78.